The fourth-order valence-electron chi connectivity index (χ4n) is 4.43. The minimum absolute atomic E-state index is 0.0140. The fraction of sp³-hybridized carbons (Fsp3) is 0.345. The molecule has 7 nitrogen and oxygen atoms in total. The van der Waals surface area contributed by atoms with Gasteiger partial charge in [-0.2, -0.15) is 0 Å². The lowest BCUT2D eigenvalue weighted by atomic mass is 9.97. The Labute approximate surface area is 211 Å². The molecular formula is C29H32N2O5. The van der Waals surface area contributed by atoms with Crippen molar-refractivity contribution < 1.29 is 23.5 Å². The molecular weight excluding hydrogens is 456 g/mol. The molecule has 0 saturated carbocycles. The second kappa shape index (κ2) is 11.7. The Bertz CT molecular complexity index is 1170. The summed E-state index contributed by atoms with van der Waals surface area (Å²) in [5, 5.41) is 0. The minimum Gasteiger partial charge on any atom is -0.466 e. The number of furan rings is 1. The second-order valence-electron chi connectivity index (χ2n) is 9.13. The number of rotatable bonds is 8. The molecule has 2 heterocycles. The van der Waals surface area contributed by atoms with Crippen molar-refractivity contribution in [2.24, 2.45) is 5.92 Å². The van der Waals surface area contributed by atoms with E-state index >= 15 is 0 Å². The lowest BCUT2D eigenvalue weighted by Crippen LogP contribution is -2.43. The number of hydrogen-bond acceptors (Lipinski definition) is 5. The minimum atomic E-state index is -0.257. The van der Waals surface area contributed by atoms with Crippen LogP contribution < -0.4 is 4.90 Å². The van der Waals surface area contributed by atoms with Gasteiger partial charge in [0, 0.05) is 18.8 Å². The van der Waals surface area contributed by atoms with Crippen LogP contribution in [-0.4, -0.2) is 42.4 Å². The van der Waals surface area contributed by atoms with E-state index in [1.54, 1.807) is 28.9 Å². The van der Waals surface area contributed by atoms with Gasteiger partial charge in [-0.05, 0) is 62.1 Å². The Kier molecular flexibility index (Phi) is 8.21. The second-order valence-corrected chi connectivity index (χ2v) is 9.13. The summed E-state index contributed by atoms with van der Waals surface area (Å²) in [5.41, 5.74) is 3.72. The number of aryl methyl sites for hydroxylation is 1. The molecule has 36 heavy (non-hydrogen) atoms. The highest BCUT2D eigenvalue weighted by Crippen LogP contribution is 2.23. The summed E-state index contributed by atoms with van der Waals surface area (Å²) in [5.74, 6) is -0.465. The van der Waals surface area contributed by atoms with Crippen LogP contribution in [-0.2, 0) is 27.3 Å². The highest BCUT2D eigenvalue weighted by atomic mass is 16.5. The molecule has 188 valence electrons. The lowest BCUT2D eigenvalue weighted by molar-refractivity contribution is -0.151. The number of amides is 2. The van der Waals surface area contributed by atoms with Crippen molar-refractivity contribution in [3.63, 3.8) is 0 Å². The molecule has 0 bridgehead atoms. The molecule has 0 unspecified atom stereocenters. The van der Waals surface area contributed by atoms with Crippen LogP contribution >= 0.6 is 0 Å². The predicted molar refractivity (Wildman–Crippen MR) is 136 cm³/mol. The number of carbonyl (C=O) groups excluding carboxylic acids is 3. The largest absolute Gasteiger partial charge is 0.466 e. The molecule has 4 rings (SSSR count). The van der Waals surface area contributed by atoms with Gasteiger partial charge < -0.3 is 19.0 Å². The van der Waals surface area contributed by atoms with Crippen LogP contribution in [0.3, 0.4) is 0 Å². The van der Waals surface area contributed by atoms with E-state index in [0.717, 1.165) is 29.5 Å². The molecule has 1 saturated heterocycles. The zero-order valence-electron chi connectivity index (χ0n) is 20.8. The standard InChI is InChI=1S/C29H32N2O5/c1-3-35-29(34)24-6-4-16-30(20-24)27(32)18-22-12-14-25(15-13-22)31(28(33)26-7-5-17-36-26)19-23-10-8-21(2)9-11-23/h5,7-15,17,24H,3-4,6,16,18-20H2,1-2H3/t24-/m0/s1. The highest BCUT2D eigenvalue weighted by Gasteiger charge is 2.29. The van der Waals surface area contributed by atoms with Crippen molar-refractivity contribution >= 4 is 23.5 Å². The number of esters is 1. The first-order valence-electron chi connectivity index (χ1n) is 12.4. The van der Waals surface area contributed by atoms with E-state index in [-0.39, 0.29) is 35.9 Å². The fourth-order valence-corrected chi connectivity index (χ4v) is 4.43. The Morgan fingerprint density at radius 1 is 1.03 bits per heavy atom. The zero-order chi connectivity index (χ0) is 25.5. The van der Waals surface area contributed by atoms with Gasteiger partial charge in [-0.15, -0.1) is 0 Å². The number of nitrogens with zero attached hydrogens (tertiary/aromatic N) is 2. The van der Waals surface area contributed by atoms with Gasteiger partial charge >= 0.3 is 5.97 Å². The molecule has 1 fully saturated rings. The number of ether oxygens (including phenoxy) is 1. The van der Waals surface area contributed by atoms with Crippen molar-refractivity contribution in [2.75, 3.05) is 24.6 Å². The predicted octanol–water partition coefficient (Wildman–Crippen LogP) is 4.78. The van der Waals surface area contributed by atoms with Gasteiger partial charge in [-0.1, -0.05) is 42.0 Å². The van der Waals surface area contributed by atoms with E-state index in [9.17, 15) is 14.4 Å². The molecule has 1 aliphatic heterocycles. The van der Waals surface area contributed by atoms with Crippen LogP contribution in [0.25, 0.3) is 0 Å². The summed E-state index contributed by atoms with van der Waals surface area (Å²) < 4.78 is 10.5. The van der Waals surface area contributed by atoms with Crippen LogP contribution in [0.15, 0.2) is 71.3 Å². The third kappa shape index (κ3) is 6.22. The molecule has 0 N–H and O–H groups in total. The number of hydrogen-bond donors (Lipinski definition) is 0. The summed E-state index contributed by atoms with van der Waals surface area (Å²) >= 11 is 0. The summed E-state index contributed by atoms with van der Waals surface area (Å²) in [6.07, 6.45) is 3.26. The zero-order valence-corrected chi connectivity index (χ0v) is 20.8. The van der Waals surface area contributed by atoms with Gasteiger partial charge in [0.25, 0.3) is 5.91 Å². The molecule has 1 aromatic heterocycles. The van der Waals surface area contributed by atoms with Crippen molar-refractivity contribution in [3.05, 3.63) is 89.4 Å². The maximum Gasteiger partial charge on any atom is 0.310 e. The molecule has 0 spiro atoms. The average molecular weight is 489 g/mol. The molecule has 7 heteroatoms. The lowest BCUT2D eigenvalue weighted by Gasteiger charge is -2.31. The molecule has 0 aliphatic carbocycles. The van der Waals surface area contributed by atoms with Crippen LogP contribution in [0, 0.1) is 12.8 Å². The average Bonchev–Trinajstić information content (AvgIpc) is 3.44. The Morgan fingerprint density at radius 3 is 2.42 bits per heavy atom. The van der Waals surface area contributed by atoms with Crippen molar-refractivity contribution in [2.45, 2.75) is 39.7 Å². The maximum atomic E-state index is 13.2. The topological polar surface area (TPSA) is 80.1 Å². The summed E-state index contributed by atoms with van der Waals surface area (Å²) in [6.45, 7) is 5.60. The Morgan fingerprint density at radius 2 is 1.75 bits per heavy atom. The van der Waals surface area contributed by atoms with Gasteiger partial charge in [0.15, 0.2) is 5.76 Å². The van der Waals surface area contributed by atoms with E-state index in [0.29, 0.717) is 31.9 Å². The Balaban J connectivity index is 1.46. The third-order valence-corrected chi connectivity index (χ3v) is 6.44. The number of piperidine rings is 1. The third-order valence-electron chi connectivity index (χ3n) is 6.44. The van der Waals surface area contributed by atoms with Crippen LogP contribution in [0.5, 0.6) is 0 Å². The van der Waals surface area contributed by atoms with Gasteiger partial charge in [-0.3, -0.25) is 14.4 Å². The highest BCUT2D eigenvalue weighted by molar-refractivity contribution is 6.04. The van der Waals surface area contributed by atoms with Gasteiger partial charge in [0.05, 0.1) is 31.8 Å². The monoisotopic (exact) mass is 488 g/mol. The summed E-state index contributed by atoms with van der Waals surface area (Å²) in [7, 11) is 0. The number of carbonyl (C=O) groups is 3. The smallest absolute Gasteiger partial charge is 0.310 e. The van der Waals surface area contributed by atoms with Gasteiger partial charge in [-0.25, -0.2) is 0 Å². The molecule has 0 radical (unpaired) electrons. The first-order chi connectivity index (χ1) is 17.4. The van der Waals surface area contributed by atoms with E-state index < -0.39 is 0 Å². The first kappa shape index (κ1) is 25.2. The summed E-state index contributed by atoms with van der Waals surface area (Å²) in [6, 6.07) is 18.9. The quantitative estimate of drug-likeness (QED) is 0.427. The number of benzene rings is 2. The summed E-state index contributed by atoms with van der Waals surface area (Å²) in [4.78, 5) is 41.7. The molecule has 2 aromatic carbocycles. The Hall–Kier alpha value is -3.87. The van der Waals surface area contributed by atoms with E-state index in [1.807, 2.05) is 55.5 Å². The SMILES string of the molecule is CCOC(=O)[C@H]1CCCN(C(=O)Cc2ccc(N(Cc3ccc(C)cc3)C(=O)c3ccco3)cc2)C1. The van der Waals surface area contributed by atoms with Crippen molar-refractivity contribution in [3.8, 4) is 0 Å². The van der Waals surface area contributed by atoms with Crippen LogP contribution in [0.2, 0.25) is 0 Å². The van der Waals surface area contributed by atoms with Crippen LogP contribution in [0.1, 0.15) is 47.0 Å². The van der Waals surface area contributed by atoms with Gasteiger partial charge in [0.2, 0.25) is 5.91 Å². The van der Waals surface area contributed by atoms with Crippen LogP contribution in [0.4, 0.5) is 5.69 Å². The molecule has 1 atom stereocenters. The van der Waals surface area contributed by atoms with Crippen molar-refractivity contribution in [1.29, 1.82) is 0 Å². The number of anilines is 1. The number of likely N-dealkylation sites (tertiary alicyclic amines) is 1. The maximum absolute atomic E-state index is 13.2. The van der Waals surface area contributed by atoms with Gasteiger partial charge in [0.1, 0.15) is 0 Å². The molecule has 3 aromatic rings. The van der Waals surface area contributed by atoms with Crippen molar-refractivity contribution in [1.82, 2.24) is 4.90 Å². The van der Waals surface area contributed by atoms with E-state index in [4.69, 9.17) is 9.15 Å². The van der Waals surface area contributed by atoms with E-state index in [2.05, 4.69) is 0 Å². The molecule has 1 aliphatic rings. The first-order valence-corrected chi connectivity index (χ1v) is 12.4. The van der Waals surface area contributed by atoms with E-state index in [1.165, 1.54) is 6.26 Å². The molecule has 2 amide bonds. The normalized spacial score (nSPS) is 15.4.